The van der Waals surface area contributed by atoms with E-state index in [1.165, 1.54) is 11.1 Å². The summed E-state index contributed by atoms with van der Waals surface area (Å²) in [5.74, 6) is 0.213. The number of nitrogens with one attached hydrogen (secondary N) is 1. The van der Waals surface area contributed by atoms with Gasteiger partial charge in [0.15, 0.2) is 0 Å². The van der Waals surface area contributed by atoms with E-state index in [2.05, 4.69) is 17.4 Å². The Morgan fingerprint density at radius 3 is 2.90 bits per heavy atom. The molecule has 4 nitrogen and oxygen atoms in total. The Balaban J connectivity index is 1.67. The first kappa shape index (κ1) is 13.6. The van der Waals surface area contributed by atoms with Crippen molar-refractivity contribution in [3.05, 3.63) is 35.4 Å². The van der Waals surface area contributed by atoms with Crippen molar-refractivity contribution in [3.8, 4) is 0 Å². The van der Waals surface area contributed by atoms with Crippen molar-refractivity contribution >= 4 is 5.91 Å². The summed E-state index contributed by atoms with van der Waals surface area (Å²) in [5, 5.41) is 3.44. The molecule has 2 aliphatic heterocycles. The number of hydrogen-bond acceptors (Lipinski definition) is 3. The SMILES string of the molecule is CC(NC1COCc2ccccc21)C(=O)N1CCCC1. The van der Waals surface area contributed by atoms with E-state index in [4.69, 9.17) is 4.74 Å². The molecule has 1 saturated heterocycles. The lowest BCUT2D eigenvalue weighted by Crippen LogP contribution is -2.46. The molecular formula is C16H22N2O2. The van der Waals surface area contributed by atoms with E-state index in [0.717, 1.165) is 25.9 Å². The normalized spacial score (nSPS) is 23.4. The molecule has 1 aromatic carbocycles. The topological polar surface area (TPSA) is 41.6 Å². The number of benzene rings is 1. The Labute approximate surface area is 120 Å². The zero-order valence-corrected chi connectivity index (χ0v) is 12.0. The van der Waals surface area contributed by atoms with Gasteiger partial charge in [0, 0.05) is 13.1 Å². The fourth-order valence-corrected chi connectivity index (χ4v) is 3.10. The summed E-state index contributed by atoms with van der Waals surface area (Å²) in [6.07, 6.45) is 2.27. The van der Waals surface area contributed by atoms with E-state index in [0.29, 0.717) is 13.2 Å². The molecule has 0 bridgehead atoms. The lowest BCUT2D eigenvalue weighted by Gasteiger charge is -2.30. The maximum atomic E-state index is 12.4. The summed E-state index contributed by atoms with van der Waals surface area (Å²) >= 11 is 0. The second-order valence-corrected chi connectivity index (χ2v) is 5.69. The third-order valence-electron chi connectivity index (χ3n) is 4.21. The van der Waals surface area contributed by atoms with Gasteiger partial charge in [-0.05, 0) is 30.9 Å². The molecule has 1 fully saturated rings. The first-order chi connectivity index (χ1) is 9.75. The summed E-state index contributed by atoms with van der Waals surface area (Å²) < 4.78 is 5.63. The molecule has 108 valence electrons. The summed E-state index contributed by atoms with van der Waals surface area (Å²) in [5.41, 5.74) is 2.48. The second-order valence-electron chi connectivity index (χ2n) is 5.69. The van der Waals surface area contributed by atoms with Crippen LogP contribution in [0.15, 0.2) is 24.3 Å². The van der Waals surface area contributed by atoms with Crippen molar-refractivity contribution in [2.24, 2.45) is 0 Å². The van der Waals surface area contributed by atoms with Crippen LogP contribution in [0.2, 0.25) is 0 Å². The standard InChI is InChI=1S/C16H22N2O2/c1-12(16(19)18-8-4-5-9-18)17-15-11-20-10-13-6-2-3-7-14(13)15/h2-3,6-7,12,15,17H,4-5,8-11H2,1H3. The van der Waals surface area contributed by atoms with Crippen LogP contribution in [0, 0.1) is 0 Å². The Morgan fingerprint density at radius 1 is 1.35 bits per heavy atom. The highest BCUT2D eigenvalue weighted by atomic mass is 16.5. The number of carbonyl (C=O) groups excluding carboxylic acids is 1. The average Bonchev–Trinajstić information content (AvgIpc) is 3.01. The number of hydrogen-bond donors (Lipinski definition) is 1. The van der Waals surface area contributed by atoms with Gasteiger partial charge in [-0.2, -0.15) is 0 Å². The number of rotatable bonds is 3. The Morgan fingerprint density at radius 2 is 2.10 bits per heavy atom. The van der Waals surface area contributed by atoms with Crippen LogP contribution >= 0.6 is 0 Å². The van der Waals surface area contributed by atoms with Crippen LogP contribution in [0.25, 0.3) is 0 Å². The zero-order chi connectivity index (χ0) is 13.9. The molecule has 1 N–H and O–H groups in total. The minimum atomic E-state index is -0.159. The molecule has 0 saturated carbocycles. The van der Waals surface area contributed by atoms with E-state index in [-0.39, 0.29) is 18.0 Å². The van der Waals surface area contributed by atoms with Crippen LogP contribution in [0.1, 0.15) is 36.9 Å². The van der Waals surface area contributed by atoms with Gasteiger partial charge in [-0.3, -0.25) is 10.1 Å². The highest BCUT2D eigenvalue weighted by Gasteiger charge is 2.27. The van der Waals surface area contributed by atoms with Crippen molar-refractivity contribution in [1.29, 1.82) is 0 Å². The summed E-state index contributed by atoms with van der Waals surface area (Å²) in [4.78, 5) is 14.3. The summed E-state index contributed by atoms with van der Waals surface area (Å²) in [6.45, 7) is 5.07. The minimum Gasteiger partial charge on any atom is -0.375 e. The van der Waals surface area contributed by atoms with Gasteiger partial charge in [-0.1, -0.05) is 24.3 Å². The molecule has 1 amide bonds. The predicted octanol–water partition coefficient (Wildman–Crippen LogP) is 1.86. The van der Waals surface area contributed by atoms with Crippen molar-refractivity contribution in [2.75, 3.05) is 19.7 Å². The fourth-order valence-electron chi connectivity index (χ4n) is 3.10. The molecule has 2 heterocycles. The molecule has 2 unspecified atom stereocenters. The fraction of sp³-hybridized carbons (Fsp3) is 0.562. The van der Waals surface area contributed by atoms with E-state index in [1.54, 1.807) is 0 Å². The molecule has 0 spiro atoms. The summed E-state index contributed by atoms with van der Waals surface area (Å²) in [7, 11) is 0. The van der Waals surface area contributed by atoms with Crippen LogP contribution in [0.3, 0.4) is 0 Å². The molecule has 2 aliphatic rings. The van der Waals surface area contributed by atoms with Crippen LogP contribution in [0.4, 0.5) is 0 Å². The number of carbonyl (C=O) groups is 1. The predicted molar refractivity (Wildman–Crippen MR) is 77.3 cm³/mol. The number of amides is 1. The van der Waals surface area contributed by atoms with Crippen molar-refractivity contribution in [2.45, 2.75) is 38.5 Å². The Kier molecular flexibility index (Phi) is 4.03. The van der Waals surface area contributed by atoms with Crippen LogP contribution in [-0.2, 0) is 16.1 Å². The van der Waals surface area contributed by atoms with Crippen molar-refractivity contribution < 1.29 is 9.53 Å². The van der Waals surface area contributed by atoms with Gasteiger partial charge in [-0.15, -0.1) is 0 Å². The summed E-state index contributed by atoms with van der Waals surface area (Å²) in [6, 6.07) is 8.25. The second kappa shape index (κ2) is 5.94. The molecular weight excluding hydrogens is 252 g/mol. The molecule has 0 aliphatic carbocycles. The first-order valence-electron chi connectivity index (χ1n) is 7.46. The van der Waals surface area contributed by atoms with E-state index >= 15 is 0 Å². The quantitative estimate of drug-likeness (QED) is 0.914. The Bertz CT molecular complexity index is 483. The first-order valence-corrected chi connectivity index (χ1v) is 7.46. The molecule has 20 heavy (non-hydrogen) atoms. The lowest BCUT2D eigenvalue weighted by molar-refractivity contribution is -0.132. The minimum absolute atomic E-state index is 0.113. The maximum Gasteiger partial charge on any atom is 0.239 e. The molecule has 1 aromatic rings. The number of ether oxygens (including phenoxy) is 1. The molecule has 3 rings (SSSR count). The van der Waals surface area contributed by atoms with Gasteiger partial charge in [0.05, 0.1) is 25.3 Å². The van der Waals surface area contributed by atoms with E-state index in [1.807, 2.05) is 24.0 Å². The van der Waals surface area contributed by atoms with Gasteiger partial charge in [0.1, 0.15) is 0 Å². The van der Waals surface area contributed by atoms with Gasteiger partial charge < -0.3 is 9.64 Å². The number of fused-ring (bicyclic) bond motifs is 1. The van der Waals surface area contributed by atoms with Gasteiger partial charge in [0.25, 0.3) is 0 Å². The Hall–Kier alpha value is -1.39. The number of nitrogens with zero attached hydrogens (tertiary/aromatic N) is 1. The van der Waals surface area contributed by atoms with Crippen molar-refractivity contribution in [1.82, 2.24) is 10.2 Å². The highest BCUT2D eigenvalue weighted by molar-refractivity contribution is 5.81. The monoisotopic (exact) mass is 274 g/mol. The maximum absolute atomic E-state index is 12.4. The average molecular weight is 274 g/mol. The molecule has 2 atom stereocenters. The van der Waals surface area contributed by atoms with Crippen LogP contribution in [0.5, 0.6) is 0 Å². The molecule has 4 heteroatoms. The number of likely N-dealkylation sites (tertiary alicyclic amines) is 1. The highest BCUT2D eigenvalue weighted by Crippen LogP contribution is 2.25. The molecule has 0 radical (unpaired) electrons. The third kappa shape index (κ3) is 2.72. The van der Waals surface area contributed by atoms with Gasteiger partial charge in [0.2, 0.25) is 5.91 Å². The van der Waals surface area contributed by atoms with Gasteiger partial charge >= 0.3 is 0 Å². The molecule has 0 aromatic heterocycles. The van der Waals surface area contributed by atoms with Gasteiger partial charge in [-0.25, -0.2) is 0 Å². The third-order valence-corrected chi connectivity index (χ3v) is 4.21. The van der Waals surface area contributed by atoms with Crippen LogP contribution in [-0.4, -0.2) is 36.5 Å². The zero-order valence-electron chi connectivity index (χ0n) is 12.0. The van der Waals surface area contributed by atoms with E-state index < -0.39 is 0 Å². The lowest BCUT2D eigenvalue weighted by atomic mass is 9.98. The van der Waals surface area contributed by atoms with E-state index in [9.17, 15) is 4.79 Å². The smallest absolute Gasteiger partial charge is 0.239 e. The largest absolute Gasteiger partial charge is 0.375 e. The van der Waals surface area contributed by atoms with Crippen molar-refractivity contribution in [3.63, 3.8) is 0 Å². The van der Waals surface area contributed by atoms with Crippen LogP contribution < -0.4 is 5.32 Å².